The molecule has 0 spiro atoms. The highest BCUT2D eigenvalue weighted by molar-refractivity contribution is 7.26. The number of para-hydroxylation sites is 2. The van der Waals surface area contributed by atoms with Crippen molar-refractivity contribution in [3.05, 3.63) is 206 Å². The molecule has 6 heteroatoms. The summed E-state index contributed by atoms with van der Waals surface area (Å²) in [7, 11) is 0. The van der Waals surface area contributed by atoms with Crippen LogP contribution in [0.3, 0.4) is 0 Å². The van der Waals surface area contributed by atoms with Crippen molar-refractivity contribution < 1.29 is 4.42 Å². The third-order valence-electron chi connectivity index (χ3n) is 13.0. The molecule has 302 valence electrons. The Bertz CT molecular complexity index is 4260. The van der Waals surface area contributed by atoms with Crippen molar-refractivity contribution in [3.8, 4) is 51.0 Å². The third kappa shape index (κ3) is 5.61. The Kier molecular flexibility index (Phi) is 7.79. The lowest BCUT2D eigenvalue weighted by Crippen LogP contribution is -2.02. The van der Waals surface area contributed by atoms with Crippen LogP contribution in [0, 0.1) is 0 Å². The highest BCUT2D eigenvalue weighted by Crippen LogP contribution is 2.48. The van der Waals surface area contributed by atoms with E-state index in [2.05, 4.69) is 168 Å². The molecule has 0 aliphatic heterocycles. The number of fused-ring (bicyclic) bond motifs is 11. The number of hydrogen-bond donors (Lipinski definition) is 0. The Balaban J connectivity index is 1.10. The summed E-state index contributed by atoms with van der Waals surface area (Å²) in [5, 5.41) is 11.8. The lowest BCUT2D eigenvalue weighted by molar-refractivity contribution is 0.669. The molecule has 0 aliphatic carbocycles. The molecular formula is C59H34N4OS. The molecule has 5 nitrogen and oxygen atoms in total. The number of nitrogens with zero attached hydrogens (tertiary/aromatic N) is 4. The summed E-state index contributed by atoms with van der Waals surface area (Å²) in [5.41, 5.74) is 9.97. The van der Waals surface area contributed by atoms with Gasteiger partial charge >= 0.3 is 0 Å². The molecule has 0 aliphatic rings. The maximum absolute atomic E-state index is 6.25. The second kappa shape index (κ2) is 14.0. The molecule has 0 bridgehead atoms. The standard InChI is InChI=1S/C59H34N4OS/c1-2-14-35(15-3-1)57-60-58(39-26-29-52-47(31-39)43-21-9-12-24-51(43)64-52)62-59(61-57)44-28-27-40(63-49-23-11-8-20-42(49)46-30-36-16-4-5-17-37(36)32-50(46)63)34-48(44)55-41-19-7-6-18-38(41)33-54-56(55)45-22-10-13-25-53(45)65-54/h1-34H. The zero-order chi connectivity index (χ0) is 42.6. The summed E-state index contributed by atoms with van der Waals surface area (Å²) in [6.45, 7) is 0. The average Bonchev–Trinajstić information content (AvgIpc) is 4.04. The molecule has 65 heavy (non-hydrogen) atoms. The van der Waals surface area contributed by atoms with Crippen molar-refractivity contribution in [1.82, 2.24) is 19.5 Å². The fraction of sp³-hybridized carbons (Fsp3) is 0. The van der Waals surface area contributed by atoms with E-state index >= 15 is 0 Å². The lowest BCUT2D eigenvalue weighted by Gasteiger charge is -2.18. The summed E-state index contributed by atoms with van der Waals surface area (Å²) in [5.74, 6) is 1.80. The van der Waals surface area contributed by atoms with Gasteiger partial charge in [-0.3, -0.25) is 0 Å². The van der Waals surface area contributed by atoms with Gasteiger partial charge in [-0.05, 0) is 105 Å². The summed E-state index contributed by atoms with van der Waals surface area (Å²) >= 11 is 1.84. The van der Waals surface area contributed by atoms with Crippen molar-refractivity contribution in [2.75, 3.05) is 0 Å². The number of benzene rings is 10. The number of furan rings is 1. The van der Waals surface area contributed by atoms with Crippen molar-refractivity contribution >= 4 is 96.8 Å². The first-order valence-electron chi connectivity index (χ1n) is 21.8. The van der Waals surface area contributed by atoms with Crippen LogP contribution < -0.4 is 0 Å². The molecule has 14 rings (SSSR count). The van der Waals surface area contributed by atoms with E-state index in [0.29, 0.717) is 17.5 Å². The quantitative estimate of drug-likeness (QED) is 0.173. The molecule has 0 N–H and O–H groups in total. The first-order valence-corrected chi connectivity index (χ1v) is 22.7. The molecule has 0 atom stereocenters. The predicted molar refractivity (Wildman–Crippen MR) is 271 cm³/mol. The summed E-state index contributed by atoms with van der Waals surface area (Å²) in [6, 6.07) is 73.5. The fourth-order valence-electron chi connectivity index (χ4n) is 10.0. The minimum Gasteiger partial charge on any atom is -0.456 e. The smallest absolute Gasteiger partial charge is 0.164 e. The van der Waals surface area contributed by atoms with E-state index in [1.807, 2.05) is 53.8 Å². The van der Waals surface area contributed by atoms with Crippen molar-refractivity contribution in [2.24, 2.45) is 0 Å². The minimum atomic E-state index is 0.592. The molecule has 0 saturated heterocycles. The summed E-state index contributed by atoms with van der Waals surface area (Å²) in [4.78, 5) is 16.0. The van der Waals surface area contributed by atoms with E-state index in [0.717, 1.165) is 66.5 Å². The van der Waals surface area contributed by atoms with E-state index in [1.54, 1.807) is 0 Å². The second-order valence-electron chi connectivity index (χ2n) is 16.7. The van der Waals surface area contributed by atoms with Gasteiger partial charge in [0, 0.05) is 64.1 Å². The highest BCUT2D eigenvalue weighted by Gasteiger charge is 2.23. The van der Waals surface area contributed by atoms with E-state index in [9.17, 15) is 0 Å². The van der Waals surface area contributed by atoms with Gasteiger partial charge < -0.3 is 8.98 Å². The van der Waals surface area contributed by atoms with Crippen molar-refractivity contribution in [2.45, 2.75) is 0 Å². The molecule has 4 aromatic heterocycles. The molecule has 0 fully saturated rings. The Morgan fingerprint density at radius 2 is 1.03 bits per heavy atom. The fourth-order valence-corrected chi connectivity index (χ4v) is 11.2. The summed E-state index contributed by atoms with van der Waals surface area (Å²) < 4.78 is 11.2. The SMILES string of the molecule is c1ccc(-c2nc(-c3ccc4oc5ccccc5c4c3)nc(-c3ccc(-n4c5ccccc5c5cc6ccccc6cc54)cc3-c3c4ccccc4cc4sc5ccccc5c34)n2)cc1. The van der Waals surface area contributed by atoms with Gasteiger partial charge in [-0.1, -0.05) is 133 Å². The van der Waals surface area contributed by atoms with Gasteiger partial charge in [0.15, 0.2) is 17.5 Å². The number of aromatic nitrogens is 4. The molecule has 0 unspecified atom stereocenters. The molecular weight excluding hydrogens is 813 g/mol. The maximum Gasteiger partial charge on any atom is 0.164 e. The van der Waals surface area contributed by atoms with Crippen LogP contribution in [0.5, 0.6) is 0 Å². The van der Waals surface area contributed by atoms with Gasteiger partial charge in [0.05, 0.1) is 11.0 Å². The van der Waals surface area contributed by atoms with Gasteiger partial charge in [-0.25, -0.2) is 15.0 Å². The van der Waals surface area contributed by atoms with Gasteiger partial charge in [0.1, 0.15) is 11.2 Å². The first kappa shape index (κ1) is 36.1. The maximum atomic E-state index is 6.25. The Labute approximate surface area is 376 Å². The van der Waals surface area contributed by atoms with Crippen LogP contribution in [0.1, 0.15) is 0 Å². The largest absolute Gasteiger partial charge is 0.456 e. The van der Waals surface area contributed by atoms with Gasteiger partial charge in [-0.2, -0.15) is 0 Å². The van der Waals surface area contributed by atoms with Gasteiger partial charge in [0.25, 0.3) is 0 Å². The number of rotatable bonds is 5. The van der Waals surface area contributed by atoms with Crippen molar-refractivity contribution in [1.29, 1.82) is 0 Å². The predicted octanol–water partition coefficient (Wildman–Crippen LogP) is 16.2. The van der Waals surface area contributed by atoms with Crippen LogP contribution in [0.25, 0.3) is 136 Å². The highest BCUT2D eigenvalue weighted by atomic mass is 32.1. The summed E-state index contributed by atoms with van der Waals surface area (Å²) in [6.07, 6.45) is 0. The van der Waals surface area contributed by atoms with E-state index < -0.39 is 0 Å². The molecule has 0 amide bonds. The van der Waals surface area contributed by atoms with E-state index in [4.69, 9.17) is 19.4 Å². The minimum absolute atomic E-state index is 0.592. The molecule has 0 radical (unpaired) electrons. The van der Waals surface area contributed by atoms with E-state index in [-0.39, 0.29) is 0 Å². The number of thiophene rings is 1. The lowest BCUT2D eigenvalue weighted by atomic mass is 9.90. The van der Waals surface area contributed by atoms with Crippen LogP contribution in [0.4, 0.5) is 0 Å². The molecule has 10 aromatic carbocycles. The third-order valence-corrected chi connectivity index (χ3v) is 14.1. The topological polar surface area (TPSA) is 56.7 Å². The van der Waals surface area contributed by atoms with E-state index in [1.165, 1.54) is 52.5 Å². The Morgan fingerprint density at radius 1 is 0.369 bits per heavy atom. The molecule has 4 heterocycles. The zero-order valence-corrected chi connectivity index (χ0v) is 35.6. The van der Waals surface area contributed by atoms with Crippen molar-refractivity contribution in [3.63, 3.8) is 0 Å². The van der Waals surface area contributed by atoms with Crippen LogP contribution >= 0.6 is 11.3 Å². The Hall–Kier alpha value is -8.45. The normalized spacial score (nSPS) is 12.0. The molecule has 0 saturated carbocycles. The van der Waals surface area contributed by atoms with Gasteiger partial charge in [-0.15, -0.1) is 11.3 Å². The van der Waals surface area contributed by atoms with Gasteiger partial charge in [0.2, 0.25) is 0 Å². The first-order chi connectivity index (χ1) is 32.2. The monoisotopic (exact) mass is 846 g/mol. The van der Waals surface area contributed by atoms with Crippen LogP contribution in [-0.2, 0) is 0 Å². The number of hydrogen-bond acceptors (Lipinski definition) is 5. The zero-order valence-electron chi connectivity index (χ0n) is 34.7. The van der Waals surface area contributed by atoms with Crippen LogP contribution in [0.2, 0.25) is 0 Å². The van der Waals surface area contributed by atoms with Crippen LogP contribution in [-0.4, -0.2) is 19.5 Å². The second-order valence-corrected chi connectivity index (χ2v) is 17.8. The van der Waals surface area contributed by atoms with Crippen LogP contribution in [0.15, 0.2) is 211 Å². The molecule has 14 aromatic rings. The average molecular weight is 847 g/mol. The Morgan fingerprint density at radius 3 is 1.89 bits per heavy atom.